The molecule has 0 amide bonds. The van der Waals surface area contributed by atoms with Crippen molar-refractivity contribution >= 4 is 10.0 Å². The zero-order valence-electron chi connectivity index (χ0n) is 14.7. The Labute approximate surface area is 144 Å². The van der Waals surface area contributed by atoms with Crippen LogP contribution in [0.25, 0.3) is 0 Å². The first-order chi connectivity index (χ1) is 11.3. The van der Waals surface area contributed by atoms with Gasteiger partial charge in [0.25, 0.3) is 0 Å². The number of hydrogen-bond donors (Lipinski definition) is 0. The lowest BCUT2D eigenvalue weighted by Gasteiger charge is -2.42. The maximum atomic E-state index is 12.0. The van der Waals surface area contributed by atoms with Crippen LogP contribution in [-0.2, 0) is 21.3 Å². The van der Waals surface area contributed by atoms with Crippen molar-refractivity contribution in [3.8, 4) is 0 Å². The number of aromatic nitrogens is 1. The van der Waals surface area contributed by atoms with Crippen molar-refractivity contribution in [1.82, 2.24) is 14.4 Å². The molecule has 0 bridgehead atoms. The number of methoxy groups -OCH3 is 1. The highest BCUT2D eigenvalue weighted by Crippen LogP contribution is 2.45. The first kappa shape index (κ1) is 17.8. The van der Waals surface area contributed by atoms with Crippen molar-refractivity contribution in [2.45, 2.75) is 26.3 Å². The first-order valence-corrected chi connectivity index (χ1v) is 10.3. The molecule has 0 radical (unpaired) electrons. The minimum atomic E-state index is -3.15. The van der Waals surface area contributed by atoms with Crippen LogP contribution in [0, 0.1) is 18.3 Å². The van der Waals surface area contributed by atoms with Crippen molar-refractivity contribution in [3.05, 3.63) is 17.5 Å². The van der Waals surface area contributed by atoms with Gasteiger partial charge in [0.1, 0.15) is 5.76 Å². The highest BCUT2D eigenvalue weighted by molar-refractivity contribution is 7.88. The maximum Gasteiger partial charge on any atom is 0.211 e. The molecule has 1 spiro atoms. The molecule has 2 aliphatic heterocycles. The number of ether oxygens (including phenoxy) is 1. The number of aryl methyl sites for hydroxylation is 1. The molecule has 0 aliphatic carbocycles. The van der Waals surface area contributed by atoms with Crippen LogP contribution in [0.5, 0.6) is 0 Å². The number of sulfonamides is 1. The average Bonchev–Trinajstić information content (AvgIpc) is 3.07. The Kier molecular flexibility index (Phi) is 5.01. The molecule has 0 aromatic carbocycles. The lowest BCUT2D eigenvalue weighted by Crippen LogP contribution is -2.45. The highest BCUT2D eigenvalue weighted by atomic mass is 32.2. The number of hydrogen-bond acceptors (Lipinski definition) is 6. The molecule has 3 heterocycles. The molecule has 24 heavy (non-hydrogen) atoms. The molecule has 2 aliphatic rings. The molecule has 1 atom stereocenters. The molecule has 0 N–H and O–H groups in total. The van der Waals surface area contributed by atoms with Gasteiger partial charge < -0.3 is 9.26 Å². The fourth-order valence-corrected chi connectivity index (χ4v) is 5.05. The summed E-state index contributed by atoms with van der Waals surface area (Å²) in [6.07, 6.45) is 3.28. The highest BCUT2D eigenvalue weighted by Gasteiger charge is 2.50. The molecule has 136 valence electrons. The molecule has 1 aromatic heterocycles. The summed E-state index contributed by atoms with van der Waals surface area (Å²) in [6.45, 7) is 6.40. The standard InChI is InChI=1S/C16H27N3O4S/c1-13-8-15(17-23-13)10-18-6-4-16(5-7-18)12-19(24(3,20)21)9-14(16)11-22-2/h8,14H,4-7,9-12H2,1-3H3/t14-/m1/s1. The molecule has 0 saturated carbocycles. The third kappa shape index (κ3) is 3.66. The van der Waals surface area contributed by atoms with Gasteiger partial charge in [-0.05, 0) is 38.3 Å². The smallest absolute Gasteiger partial charge is 0.211 e. The summed E-state index contributed by atoms with van der Waals surface area (Å²) in [4.78, 5) is 2.37. The molecule has 3 rings (SSSR count). The van der Waals surface area contributed by atoms with E-state index in [-0.39, 0.29) is 11.3 Å². The van der Waals surface area contributed by atoms with Crippen molar-refractivity contribution in [1.29, 1.82) is 0 Å². The van der Waals surface area contributed by atoms with Crippen molar-refractivity contribution < 1.29 is 17.7 Å². The lowest BCUT2D eigenvalue weighted by molar-refractivity contribution is 0.0351. The summed E-state index contributed by atoms with van der Waals surface area (Å²) in [5.41, 5.74) is 0.996. The van der Waals surface area contributed by atoms with Gasteiger partial charge in [-0.3, -0.25) is 4.90 Å². The van der Waals surface area contributed by atoms with Gasteiger partial charge in [-0.1, -0.05) is 5.16 Å². The maximum absolute atomic E-state index is 12.0. The molecule has 0 unspecified atom stereocenters. The Hall–Kier alpha value is -0.960. The summed E-state index contributed by atoms with van der Waals surface area (Å²) in [7, 11) is -1.45. The topological polar surface area (TPSA) is 75.9 Å². The second-order valence-electron chi connectivity index (χ2n) is 7.28. The molecular formula is C16H27N3O4S. The normalized spacial score (nSPS) is 25.5. The minimum Gasteiger partial charge on any atom is -0.384 e. The molecular weight excluding hydrogens is 330 g/mol. The van der Waals surface area contributed by atoms with Gasteiger partial charge in [0.05, 0.1) is 18.6 Å². The largest absolute Gasteiger partial charge is 0.384 e. The van der Waals surface area contributed by atoms with Crippen LogP contribution in [0.2, 0.25) is 0 Å². The van der Waals surface area contributed by atoms with Crippen molar-refractivity contribution in [2.75, 3.05) is 46.2 Å². The second kappa shape index (κ2) is 6.74. The molecule has 1 aromatic rings. The van der Waals surface area contributed by atoms with Gasteiger partial charge in [-0.25, -0.2) is 12.7 Å². The zero-order chi connectivity index (χ0) is 17.4. The number of likely N-dealkylation sites (tertiary alicyclic amines) is 1. The van der Waals surface area contributed by atoms with Crippen LogP contribution in [0.1, 0.15) is 24.3 Å². The van der Waals surface area contributed by atoms with Crippen LogP contribution < -0.4 is 0 Å². The van der Waals surface area contributed by atoms with E-state index >= 15 is 0 Å². The fourth-order valence-electron chi connectivity index (χ4n) is 4.11. The molecule has 2 saturated heterocycles. The Morgan fingerprint density at radius 3 is 2.67 bits per heavy atom. The van der Waals surface area contributed by atoms with Gasteiger partial charge in [-0.15, -0.1) is 0 Å². The van der Waals surface area contributed by atoms with Crippen molar-refractivity contribution in [2.24, 2.45) is 11.3 Å². The summed E-state index contributed by atoms with van der Waals surface area (Å²) in [5, 5.41) is 4.06. The third-order valence-electron chi connectivity index (χ3n) is 5.53. The van der Waals surface area contributed by atoms with Gasteiger partial charge in [-0.2, -0.15) is 0 Å². The van der Waals surface area contributed by atoms with Crippen LogP contribution in [0.3, 0.4) is 0 Å². The number of piperidine rings is 1. The Morgan fingerprint density at radius 2 is 2.12 bits per heavy atom. The SMILES string of the molecule is COC[C@H]1CN(S(C)(=O)=O)CC12CCN(Cc1cc(C)on1)CC2. The first-order valence-electron chi connectivity index (χ1n) is 8.41. The third-order valence-corrected chi connectivity index (χ3v) is 6.75. The van der Waals surface area contributed by atoms with E-state index in [9.17, 15) is 8.42 Å². The average molecular weight is 357 g/mol. The van der Waals surface area contributed by atoms with Crippen LogP contribution in [-0.4, -0.2) is 68.9 Å². The predicted octanol–water partition coefficient (Wildman–Crippen LogP) is 1.10. The monoisotopic (exact) mass is 357 g/mol. The Bertz CT molecular complexity index is 665. The number of nitrogens with zero attached hydrogens (tertiary/aromatic N) is 3. The van der Waals surface area contributed by atoms with Crippen molar-refractivity contribution in [3.63, 3.8) is 0 Å². The van der Waals surface area contributed by atoms with E-state index in [4.69, 9.17) is 9.26 Å². The van der Waals surface area contributed by atoms with Crippen LogP contribution in [0.15, 0.2) is 10.6 Å². The summed E-state index contributed by atoms with van der Waals surface area (Å²) < 4.78 is 36.1. The van der Waals surface area contributed by atoms with E-state index in [0.717, 1.165) is 43.9 Å². The van der Waals surface area contributed by atoms with E-state index in [2.05, 4.69) is 10.1 Å². The zero-order valence-corrected chi connectivity index (χ0v) is 15.5. The summed E-state index contributed by atoms with van der Waals surface area (Å²) in [6, 6.07) is 1.97. The van der Waals surface area contributed by atoms with Gasteiger partial charge in [0, 0.05) is 38.7 Å². The van der Waals surface area contributed by atoms with Crippen LogP contribution in [0.4, 0.5) is 0 Å². The molecule has 2 fully saturated rings. The number of rotatable bonds is 5. The summed E-state index contributed by atoms with van der Waals surface area (Å²) >= 11 is 0. The lowest BCUT2D eigenvalue weighted by atomic mass is 9.71. The quantitative estimate of drug-likeness (QED) is 0.786. The minimum absolute atomic E-state index is 0.0370. The van der Waals surface area contributed by atoms with E-state index in [1.807, 2.05) is 13.0 Å². The van der Waals surface area contributed by atoms with E-state index in [1.165, 1.54) is 6.26 Å². The van der Waals surface area contributed by atoms with Gasteiger partial charge in [0.2, 0.25) is 10.0 Å². The van der Waals surface area contributed by atoms with Gasteiger partial charge >= 0.3 is 0 Å². The van der Waals surface area contributed by atoms with E-state index in [1.54, 1.807) is 11.4 Å². The summed E-state index contributed by atoms with van der Waals surface area (Å²) in [5.74, 6) is 1.10. The van der Waals surface area contributed by atoms with Gasteiger partial charge in [0.15, 0.2) is 0 Å². The Balaban J connectivity index is 1.65. The fraction of sp³-hybridized carbons (Fsp3) is 0.812. The molecule has 8 heteroatoms. The molecule has 7 nitrogen and oxygen atoms in total. The van der Waals surface area contributed by atoms with E-state index < -0.39 is 10.0 Å². The predicted molar refractivity (Wildman–Crippen MR) is 90.0 cm³/mol. The van der Waals surface area contributed by atoms with Crippen LogP contribution >= 0.6 is 0 Å². The second-order valence-corrected chi connectivity index (χ2v) is 9.26. The Morgan fingerprint density at radius 1 is 1.42 bits per heavy atom. The van der Waals surface area contributed by atoms with E-state index in [0.29, 0.717) is 19.7 Å².